The van der Waals surface area contributed by atoms with E-state index in [1.54, 1.807) is 0 Å². The van der Waals surface area contributed by atoms with Crippen LogP contribution in [0, 0.1) is 5.92 Å². The molecule has 42 heavy (non-hydrogen) atoms. The second-order valence-corrected chi connectivity index (χ2v) is 11.3. The summed E-state index contributed by atoms with van der Waals surface area (Å²) in [5, 5.41) is 43.0. The first-order valence-corrected chi connectivity index (χ1v) is 14.9. The van der Waals surface area contributed by atoms with Crippen LogP contribution in [0.2, 0.25) is 0 Å². The second kappa shape index (κ2) is 19.5. The number of halogens is 1. The molecule has 3 amide bonds. The van der Waals surface area contributed by atoms with Crippen LogP contribution in [0.15, 0.2) is 12.7 Å². The average Bonchev–Trinajstić information content (AvgIpc) is 3.10. The first kappa shape index (κ1) is 39.3. The standard InChI is InChI=1S/C19H29ClN4O9S.C7H14O/c1-18(19(2,33)9(5-6-20)14(28)24-18)17(32)34-8-11(15(29)22-7-13(26)27)23-12(25)4-3-10(21)16(30)31;1-2-3-4-5-6-7-8/h9-11,33H,3-8,21H2,1-2H3,(H,22,29)(H,23,25)(H,24,28)(H,26,27)(H,30,31);2,8H,1,3-7H2/t9-,10?,11?,18-,19-;/m0./s1. The number of carboxylic acids is 2. The molecule has 0 aromatic carbocycles. The van der Waals surface area contributed by atoms with Crippen LogP contribution in [-0.4, -0.2) is 103 Å². The maximum absolute atomic E-state index is 13.0. The fraction of sp³-hybridized carbons (Fsp3) is 0.692. The molecule has 0 aliphatic carbocycles. The molecule has 1 heterocycles. The molecule has 0 bridgehead atoms. The smallest absolute Gasteiger partial charge is 0.322 e. The van der Waals surface area contributed by atoms with Gasteiger partial charge in [-0.3, -0.25) is 28.8 Å². The Bertz CT molecular complexity index is 967. The average molecular weight is 639 g/mol. The molecule has 1 aliphatic heterocycles. The van der Waals surface area contributed by atoms with Crippen LogP contribution in [0.1, 0.15) is 58.8 Å². The number of allylic oxidation sites excluding steroid dienone is 1. The number of carbonyl (C=O) groups excluding carboxylic acids is 4. The molecule has 14 nitrogen and oxygen atoms in total. The number of hydrogen-bond acceptors (Lipinski definition) is 10. The number of amides is 3. The van der Waals surface area contributed by atoms with E-state index in [4.69, 9.17) is 32.7 Å². The van der Waals surface area contributed by atoms with Crippen LogP contribution in [0.25, 0.3) is 0 Å². The summed E-state index contributed by atoms with van der Waals surface area (Å²) in [5.74, 6) is -6.06. The molecule has 0 aromatic rings. The number of hydrogen-bond donors (Lipinski definition) is 8. The lowest BCUT2D eigenvalue weighted by atomic mass is 9.77. The number of thioether (sulfide) groups is 1. The highest BCUT2D eigenvalue weighted by Gasteiger charge is 2.61. The van der Waals surface area contributed by atoms with Gasteiger partial charge >= 0.3 is 11.9 Å². The lowest BCUT2D eigenvalue weighted by Crippen LogP contribution is -2.59. The largest absolute Gasteiger partial charge is 0.480 e. The molecule has 0 radical (unpaired) electrons. The van der Waals surface area contributed by atoms with Crippen molar-refractivity contribution in [1.82, 2.24) is 16.0 Å². The van der Waals surface area contributed by atoms with Crippen molar-refractivity contribution in [2.45, 2.75) is 82.0 Å². The Morgan fingerprint density at radius 3 is 2.36 bits per heavy atom. The van der Waals surface area contributed by atoms with Gasteiger partial charge in [0.15, 0.2) is 0 Å². The first-order chi connectivity index (χ1) is 19.6. The zero-order valence-corrected chi connectivity index (χ0v) is 25.5. The van der Waals surface area contributed by atoms with Crippen molar-refractivity contribution in [3.05, 3.63) is 12.7 Å². The van der Waals surface area contributed by atoms with Gasteiger partial charge in [0.05, 0.1) is 5.92 Å². The zero-order valence-electron chi connectivity index (χ0n) is 23.9. The Hall–Kier alpha value is -2.72. The molecule has 16 heteroatoms. The highest BCUT2D eigenvalue weighted by Crippen LogP contribution is 2.41. The normalized spacial score (nSPS) is 22.5. The third-order valence-corrected chi connectivity index (χ3v) is 8.09. The van der Waals surface area contributed by atoms with Crippen LogP contribution in [-0.2, 0) is 28.8 Å². The Morgan fingerprint density at radius 1 is 1.19 bits per heavy atom. The van der Waals surface area contributed by atoms with Gasteiger partial charge in [0.25, 0.3) is 0 Å². The highest BCUT2D eigenvalue weighted by molar-refractivity contribution is 8.13. The van der Waals surface area contributed by atoms with Crippen LogP contribution >= 0.6 is 23.4 Å². The minimum absolute atomic E-state index is 0.0784. The summed E-state index contributed by atoms with van der Waals surface area (Å²) >= 11 is 6.25. The van der Waals surface area contributed by atoms with E-state index in [0.717, 1.165) is 19.3 Å². The molecule has 2 unspecified atom stereocenters. The quantitative estimate of drug-likeness (QED) is 0.0549. The van der Waals surface area contributed by atoms with E-state index in [2.05, 4.69) is 22.5 Å². The van der Waals surface area contributed by atoms with Crippen molar-refractivity contribution in [3.63, 3.8) is 0 Å². The number of aliphatic carboxylic acids is 2. The van der Waals surface area contributed by atoms with Crippen LogP contribution in [0.3, 0.4) is 0 Å². The molecular weight excluding hydrogens is 596 g/mol. The minimum atomic E-state index is -1.79. The van der Waals surface area contributed by atoms with Gasteiger partial charge in [-0.25, -0.2) is 0 Å². The molecule has 0 aromatic heterocycles. The summed E-state index contributed by atoms with van der Waals surface area (Å²) in [4.78, 5) is 71.4. The van der Waals surface area contributed by atoms with Crippen LogP contribution < -0.4 is 21.7 Å². The lowest BCUT2D eigenvalue weighted by Gasteiger charge is -2.36. The molecule has 5 atom stereocenters. The zero-order chi connectivity index (χ0) is 32.5. The van der Waals surface area contributed by atoms with Crippen molar-refractivity contribution < 1.29 is 49.2 Å². The van der Waals surface area contributed by atoms with Crippen molar-refractivity contribution in [1.29, 1.82) is 0 Å². The van der Waals surface area contributed by atoms with Gasteiger partial charge in [-0.05, 0) is 46.0 Å². The summed E-state index contributed by atoms with van der Waals surface area (Å²) in [6.07, 6.45) is 5.81. The third-order valence-electron chi connectivity index (χ3n) is 6.70. The Balaban J connectivity index is 0.00000183. The van der Waals surface area contributed by atoms with E-state index >= 15 is 0 Å². The molecule has 0 spiro atoms. The minimum Gasteiger partial charge on any atom is -0.480 e. The number of unbranched alkanes of at least 4 members (excludes halogenated alkanes) is 3. The van der Waals surface area contributed by atoms with Gasteiger partial charge in [-0.2, -0.15) is 0 Å². The summed E-state index contributed by atoms with van der Waals surface area (Å²) in [7, 11) is 0. The molecule has 9 N–H and O–H groups in total. The third kappa shape index (κ3) is 12.7. The fourth-order valence-electron chi connectivity index (χ4n) is 3.87. The van der Waals surface area contributed by atoms with E-state index in [9.17, 15) is 33.9 Å². The van der Waals surface area contributed by atoms with Gasteiger partial charge < -0.3 is 42.1 Å². The number of carboxylic acid groups (broad SMARTS) is 2. The highest BCUT2D eigenvalue weighted by atomic mass is 35.5. The number of alkyl halides is 1. The van der Waals surface area contributed by atoms with Crippen molar-refractivity contribution in [2.75, 3.05) is 24.8 Å². The maximum atomic E-state index is 13.0. The number of nitrogens with two attached hydrogens (primary N) is 1. The molecular formula is C26H43ClN4O10S. The number of nitrogens with one attached hydrogen (secondary N) is 3. The van der Waals surface area contributed by atoms with Gasteiger partial charge in [-0.15, -0.1) is 18.2 Å². The van der Waals surface area contributed by atoms with Gasteiger partial charge in [0.2, 0.25) is 22.8 Å². The predicted molar refractivity (Wildman–Crippen MR) is 157 cm³/mol. The Kier molecular flexibility index (Phi) is 18.2. The van der Waals surface area contributed by atoms with E-state index in [1.807, 2.05) is 6.08 Å². The van der Waals surface area contributed by atoms with Crippen molar-refractivity contribution in [3.8, 4) is 0 Å². The Morgan fingerprint density at radius 2 is 1.83 bits per heavy atom. The molecule has 1 saturated heterocycles. The van der Waals surface area contributed by atoms with Gasteiger partial charge in [-0.1, -0.05) is 24.3 Å². The molecule has 0 saturated carbocycles. The first-order valence-electron chi connectivity index (χ1n) is 13.4. The van der Waals surface area contributed by atoms with Gasteiger partial charge in [0.1, 0.15) is 29.8 Å². The number of aliphatic hydroxyl groups excluding tert-OH is 1. The summed E-state index contributed by atoms with van der Waals surface area (Å²) in [5.41, 5.74) is 1.84. The van der Waals surface area contributed by atoms with E-state index in [1.165, 1.54) is 20.3 Å². The van der Waals surface area contributed by atoms with E-state index in [0.29, 0.717) is 18.4 Å². The molecule has 1 fully saturated rings. The maximum Gasteiger partial charge on any atom is 0.322 e. The topological polar surface area (TPSA) is 245 Å². The van der Waals surface area contributed by atoms with Gasteiger partial charge in [0, 0.05) is 24.7 Å². The predicted octanol–water partition coefficient (Wildman–Crippen LogP) is -0.266. The van der Waals surface area contributed by atoms with Crippen LogP contribution in [0.4, 0.5) is 0 Å². The molecule has 1 rings (SSSR count). The lowest BCUT2D eigenvalue weighted by molar-refractivity contribution is -0.139. The second-order valence-electron chi connectivity index (χ2n) is 9.97. The van der Waals surface area contributed by atoms with E-state index in [-0.39, 0.29) is 30.9 Å². The summed E-state index contributed by atoms with van der Waals surface area (Å²) in [6, 6.07) is -2.67. The monoisotopic (exact) mass is 638 g/mol. The van der Waals surface area contributed by atoms with E-state index < -0.39 is 70.5 Å². The molecule has 1 aliphatic rings. The summed E-state index contributed by atoms with van der Waals surface area (Å²) in [6.45, 7) is 5.84. The van der Waals surface area contributed by atoms with Crippen molar-refractivity contribution in [2.24, 2.45) is 11.7 Å². The number of aliphatic hydroxyl groups is 2. The summed E-state index contributed by atoms with van der Waals surface area (Å²) < 4.78 is 0. The number of carbonyl (C=O) groups is 6. The SMILES string of the molecule is C=CCCCCCO.C[C@@]1(C(=O)SCC(NC(=O)CCC(N)C(=O)O)C(=O)NCC(=O)O)NC(=O)[C@H](CCCl)[C@]1(C)O. The Labute approximate surface area is 254 Å². The molecule has 240 valence electrons. The van der Waals surface area contributed by atoms with Crippen molar-refractivity contribution >= 4 is 58.1 Å². The fourth-order valence-corrected chi connectivity index (χ4v) is 5.19. The van der Waals surface area contributed by atoms with Crippen LogP contribution in [0.5, 0.6) is 0 Å². The number of rotatable bonds is 18.